The predicted molar refractivity (Wildman–Crippen MR) is 126 cm³/mol. The summed E-state index contributed by atoms with van der Waals surface area (Å²) in [4.78, 5) is 27.6. The number of ether oxygens (including phenoxy) is 1. The van der Waals surface area contributed by atoms with Gasteiger partial charge in [0.15, 0.2) is 6.61 Å². The van der Waals surface area contributed by atoms with Crippen LogP contribution in [0.25, 0.3) is 0 Å². The van der Waals surface area contributed by atoms with E-state index >= 15 is 0 Å². The van der Waals surface area contributed by atoms with Gasteiger partial charge in [0.2, 0.25) is 5.91 Å². The summed E-state index contributed by atoms with van der Waals surface area (Å²) in [7, 11) is 0. The molecule has 2 aromatic carbocycles. The monoisotopic (exact) mass is 506 g/mol. The van der Waals surface area contributed by atoms with Crippen LogP contribution in [0.1, 0.15) is 44.6 Å². The molecule has 31 heavy (non-hydrogen) atoms. The first-order chi connectivity index (χ1) is 14.9. The number of amides is 2. The zero-order valence-electron chi connectivity index (χ0n) is 17.7. The topological polar surface area (TPSA) is 58.6 Å². The third-order valence-electron chi connectivity index (χ3n) is 5.54. The maximum atomic E-state index is 13.1. The van der Waals surface area contributed by atoms with E-state index in [9.17, 15) is 9.59 Å². The molecule has 7 heteroatoms. The van der Waals surface area contributed by atoms with Crippen molar-refractivity contribution in [3.63, 3.8) is 0 Å². The maximum absolute atomic E-state index is 13.1. The van der Waals surface area contributed by atoms with Crippen molar-refractivity contribution in [3.8, 4) is 5.75 Å². The first kappa shape index (κ1) is 23.6. The van der Waals surface area contributed by atoms with Gasteiger partial charge in [-0.3, -0.25) is 9.59 Å². The number of carbonyl (C=O) groups is 2. The summed E-state index contributed by atoms with van der Waals surface area (Å²) >= 11 is 9.42. The fourth-order valence-corrected chi connectivity index (χ4v) is 4.17. The third-order valence-corrected chi connectivity index (χ3v) is 6.31. The number of carbonyl (C=O) groups excluding carboxylic acids is 2. The van der Waals surface area contributed by atoms with E-state index in [-0.39, 0.29) is 24.5 Å². The third kappa shape index (κ3) is 7.25. The highest BCUT2D eigenvalue weighted by Gasteiger charge is 2.28. The molecule has 0 radical (unpaired) electrons. The Morgan fingerprint density at radius 3 is 2.55 bits per heavy atom. The van der Waals surface area contributed by atoms with E-state index in [4.69, 9.17) is 16.3 Å². The lowest BCUT2D eigenvalue weighted by atomic mass is 9.95. The van der Waals surface area contributed by atoms with E-state index in [1.165, 1.54) is 6.42 Å². The fraction of sp³-hybridized carbons (Fsp3) is 0.417. The van der Waals surface area contributed by atoms with E-state index in [0.29, 0.717) is 17.3 Å². The SMILES string of the molecule is C[C@H](C(=O)NC1CCCCC1)N(Cc1ccc(Br)cc1)C(=O)COc1cccc(Cl)c1. The Kier molecular flexibility index (Phi) is 8.79. The van der Waals surface area contributed by atoms with E-state index in [1.807, 2.05) is 24.3 Å². The lowest BCUT2D eigenvalue weighted by Crippen LogP contribution is -2.51. The molecule has 1 saturated carbocycles. The standard InChI is InChI=1S/C24H28BrClN2O3/c1-17(24(30)27-21-7-3-2-4-8-21)28(15-18-10-12-19(25)13-11-18)23(29)16-31-22-9-5-6-20(26)14-22/h5-6,9-14,17,21H,2-4,7-8,15-16H2,1H3,(H,27,30)/t17-/m1/s1. The zero-order chi connectivity index (χ0) is 22.2. The van der Waals surface area contributed by atoms with Crippen LogP contribution < -0.4 is 10.1 Å². The van der Waals surface area contributed by atoms with Gasteiger partial charge >= 0.3 is 0 Å². The summed E-state index contributed by atoms with van der Waals surface area (Å²) < 4.78 is 6.61. The van der Waals surface area contributed by atoms with Crippen molar-refractivity contribution in [2.75, 3.05) is 6.61 Å². The second kappa shape index (κ2) is 11.5. The molecule has 0 spiro atoms. The molecule has 1 fully saturated rings. The van der Waals surface area contributed by atoms with Crippen LogP contribution in [-0.2, 0) is 16.1 Å². The van der Waals surface area contributed by atoms with Crippen LogP contribution in [0, 0.1) is 0 Å². The Morgan fingerprint density at radius 2 is 1.87 bits per heavy atom. The van der Waals surface area contributed by atoms with Crippen molar-refractivity contribution in [2.45, 2.75) is 57.7 Å². The molecule has 1 atom stereocenters. The van der Waals surface area contributed by atoms with Gasteiger partial charge in [0.25, 0.3) is 5.91 Å². The smallest absolute Gasteiger partial charge is 0.261 e. The summed E-state index contributed by atoms with van der Waals surface area (Å²) in [6.45, 7) is 1.93. The average molecular weight is 508 g/mol. The predicted octanol–water partition coefficient (Wildman–Crippen LogP) is 5.35. The maximum Gasteiger partial charge on any atom is 0.261 e. The van der Waals surface area contributed by atoms with Crippen molar-refractivity contribution < 1.29 is 14.3 Å². The van der Waals surface area contributed by atoms with Gasteiger partial charge in [0, 0.05) is 22.1 Å². The molecule has 2 aromatic rings. The second-order valence-electron chi connectivity index (χ2n) is 7.91. The second-order valence-corrected chi connectivity index (χ2v) is 9.27. The van der Waals surface area contributed by atoms with E-state index in [1.54, 1.807) is 36.1 Å². The Bertz CT molecular complexity index is 885. The van der Waals surface area contributed by atoms with Gasteiger partial charge in [0.05, 0.1) is 0 Å². The molecular weight excluding hydrogens is 480 g/mol. The van der Waals surface area contributed by atoms with Crippen LogP contribution in [0.4, 0.5) is 0 Å². The van der Waals surface area contributed by atoms with Crippen LogP contribution in [0.15, 0.2) is 53.0 Å². The van der Waals surface area contributed by atoms with Crippen molar-refractivity contribution in [1.29, 1.82) is 0 Å². The number of halogens is 2. The molecular formula is C24H28BrClN2O3. The van der Waals surface area contributed by atoms with E-state index in [2.05, 4.69) is 21.2 Å². The Labute approximate surface area is 197 Å². The number of benzene rings is 2. The van der Waals surface area contributed by atoms with E-state index in [0.717, 1.165) is 35.7 Å². The number of nitrogens with one attached hydrogen (secondary N) is 1. The largest absolute Gasteiger partial charge is 0.484 e. The van der Waals surface area contributed by atoms with Crippen LogP contribution >= 0.6 is 27.5 Å². The molecule has 166 valence electrons. The van der Waals surface area contributed by atoms with Crippen LogP contribution in [-0.4, -0.2) is 35.4 Å². The first-order valence-corrected chi connectivity index (χ1v) is 11.8. The molecule has 3 rings (SSSR count). The number of hydrogen-bond acceptors (Lipinski definition) is 3. The van der Waals surface area contributed by atoms with Crippen molar-refractivity contribution >= 4 is 39.3 Å². The van der Waals surface area contributed by atoms with Gasteiger partial charge in [-0.25, -0.2) is 0 Å². The van der Waals surface area contributed by atoms with Gasteiger partial charge in [0.1, 0.15) is 11.8 Å². The van der Waals surface area contributed by atoms with E-state index < -0.39 is 6.04 Å². The van der Waals surface area contributed by atoms with Gasteiger partial charge in [-0.2, -0.15) is 0 Å². The van der Waals surface area contributed by atoms with Crippen LogP contribution in [0.2, 0.25) is 5.02 Å². The number of hydrogen-bond donors (Lipinski definition) is 1. The lowest BCUT2D eigenvalue weighted by Gasteiger charge is -2.31. The molecule has 0 aromatic heterocycles. The molecule has 0 aliphatic heterocycles. The lowest BCUT2D eigenvalue weighted by molar-refractivity contribution is -0.142. The molecule has 1 N–H and O–H groups in total. The first-order valence-electron chi connectivity index (χ1n) is 10.6. The highest BCUT2D eigenvalue weighted by molar-refractivity contribution is 9.10. The Hall–Kier alpha value is -2.05. The molecule has 0 saturated heterocycles. The average Bonchev–Trinajstić information content (AvgIpc) is 2.77. The number of nitrogens with zero attached hydrogens (tertiary/aromatic N) is 1. The molecule has 1 aliphatic rings. The Balaban J connectivity index is 1.70. The molecule has 5 nitrogen and oxygen atoms in total. The molecule has 0 heterocycles. The Morgan fingerprint density at radius 1 is 1.16 bits per heavy atom. The van der Waals surface area contributed by atoms with Crippen molar-refractivity contribution in [3.05, 3.63) is 63.6 Å². The molecule has 0 unspecified atom stereocenters. The summed E-state index contributed by atoms with van der Waals surface area (Å²) in [6.07, 6.45) is 5.48. The summed E-state index contributed by atoms with van der Waals surface area (Å²) in [5, 5.41) is 3.67. The van der Waals surface area contributed by atoms with Gasteiger partial charge in [-0.15, -0.1) is 0 Å². The van der Waals surface area contributed by atoms with Crippen LogP contribution in [0.3, 0.4) is 0 Å². The minimum Gasteiger partial charge on any atom is -0.484 e. The molecule has 0 bridgehead atoms. The van der Waals surface area contributed by atoms with Gasteiger partial charge in [-0.05, 0) is 55.7 Å². The minimum absolute atomic E-state index is 0.125. The quantitative estimate of drug-likeness (QED) is 0.524. The van der Waals surface area contributed by atoms with Crippen LogP contribution in [0.5, 0.6) is 5.75 Å². The minimum atomic E-state index is -0.610. The molecule has 2 amide bonds. The van der Waals surface area contributed by atoms with Gasteiger partial charge < -0.3 is 15.0 Å². The number of rotatable bonds is 8. The summed E-state index contributed by atoms with van der Waals surface area (Å²) in [6, 6.07) is 14.2. The molecule has 1 aliphatic carbocycles. The highest BCUT2D eigenvalue weighted by atomic mass is 79.9. The fourth-order valence-electron chi connectivity index (χ4n) is 3.72. The van der Waals surface area contributed by atoms with Gasteiger partial charge in [-0.1, -0.05) is 65.0 Å². The highest BCUT2D eigenvalue weighted by Crippen LogP contribution is 2.20. The van der Waals surface area contributed by atoms with Crippen molar-refractivity contribution in [1.82, 2.24) is 10.2 Å². The van der Waals surface area contributed by atoms with Crippen molar-refractivity contribution in [2.24, 2.45) is 0 Å². The zero-order valence-corrected chi connectivity index (χ0v) is 20.0. The normalized spacial score (nSPS) is 15.2. The summed E-state index contributed by atoms with van der Waals surface area (Å²) in [5.41, 5.74) is 0.941. The summed E-state index contributed by atoms with van der Waals surface area (Å²) in [5.74, 6) is 0.137.